The lowest BCUT2D eigenvalue weighted by atomic mass is 10.1. The van der Waals surface area contributed by atoms with E-state index in [1.54, 1.807) is 6.07 Å². The van der Waals surface area contributed by atoms with Gasteiger partial charge in [0.2, 0.25) is 15.8 Å². The first-order valence-corrected chi connectivity index (χ1v) is 10.8. The molecule has 0 aliphatic carbocycles. The SMILES string of the molecule is CCOc1ccc(S(=O)(=O)NCC(=O)OCC(=O)c2cc(C)n(CC)c2C)cc1. The molecule has 2 aromatic rings. The van der Waals surface area contributed by atoms with E-state index in [9.17, 15) is 18.0 Å². The molecule has 1 heterocycles. The molecule has 0 amide bonds. The zero-order valence-electron chi connectivity index (χ0n) is 17.0. The van der Waals surface area contributed by atoms with E-state index in [1.165, 1.54) is 24.3 Å². The van der Waals surface area contributed by atoms with Crippen LogP contribution in [0.3, 0.4) is 0 Å². The zero-order valence-corrected chi connectivity index (χ0v) is 17.8. The van der Waals surface area contributed by atoms with Crippen LogP contribution in [0, 0.1) is 13.8 Å². The monoisotopic (exact) mass is 422 g/mol. The van der Waals surface area contributed by atoms with E-state index in [2.05, 4.69) is 4.72 Å². The van der Waals surface area contributed by atoms with Gasteiger partial charge in [-0.25, -0.2) is 8.42 Å². The number of rotatable bonds is 10. The molecule has 0 unspecified atom stereocenters. The number of carbonyl (C=O) groups excluding carboxylic acids is 2. The van der Waals surface area contributed by atoms with Crippen molar-refractivity contribution in [2.45, 2.75) is 39.1 Å². The van der Waals surface area contributed by atoms with Crippen molar-refractivity contribution in [3.8, 4) is 5.75 Å². The highest BCUT2D eigenvalue weighted by Crippen LogP contribution is 2.17. The summed E-state index contributed by atoms with van der Waals surface area (Å²) < 4.78 is 38.9. The number of ketones is 1. The van der Waals surface area contributed by atoms with E-state index >= 15 is 0 Å². The maximum atomic E-state index is 12.3. The number of esters is 1. The molecule has 9 heteroatoms. The molecule has 1 aromatic carbocycles. The second kappa shape index (κ2) is 9.71. The van der Waals surface area contributed by atoms with Crippen LogP contribution >= 0.6 is 0 Å². The Balaban J connectivity index is 1.90. The maximum Gasteiger partial charge on any atom is 0.321 e. The van der Waals surface area contributed by atoms with E-state index in [1.807, 2.05) is 32.3 Å². The van der Waals surface area contributed by atoms with Crippen molar-refractivity contribution in [2.24, 2.45) is 0 Å². The average molecular weight is 423 g/mol. The molecular weight excluding hydrogens is 396 g/mol. The van der Waals surface area contributed by atoms with Gasteiger partial charge in [0.05, 0.1) is 11.5 Å². The van der Waals surface area contributed by atoms with Gasteiger partial charge < -0.3 is 14.0 Å². The van der Waals surface area contributed by atoms with E-state index in [4.69, 9.17) is 9.47 Å². The van der Waals surface area contributed by atoms with Crippen LogP contribution in [0.15, 0.2) is 35.2 Å². The van der Waals surface area contributed by atoms with Crippen molar-refractivity contribution in [3.05, 3.63) is 47.3 Å². The normalized spacial score (nSPS) is 11.3. The minimum Gasteiger partial charge on any atom is -0.494 e. The quantitative estimate of drug-likeness (QED) is 0.465. The standard InChI is InChI=1S/C20H26N2O6S/c1-5-22-14(3)11-18(15(22)4)19(23)13-28-20(24)12-21-29(25,26)17-9-7-16(8-10-17)27-6-2/h7-11,21H,5-6,12-13H2,1-4H3. The highest BCUT2D eigenvalue weighted by molar-refractivity contribution is 7.89. The van der Waals surface area contributed by atoms with E-state index in [0.29, 0.717) is 17.9 Å². The van der Waals surface area contributed by atoms with Gasteiger partial charge in [0.25, 0.3) is 0 Å². The number of hydrogen-bond donors (Lipinski definition) is 1. The summed E-state index contributed by atoms with van der Waals surface area (Å²) in [4.78, 5) is 24.2. The van der Waals surface area contributed by atoms with E-state index in [-0.39, 0.29) is 10.7 Å². The van der Waals surface area contributed by atoms with Gasteiger partial charge in [-0.1, -0.05) is 0 Å². The summed E-state index contributed by atoms with van der Waals surface area (Å²) >= 11 is 0. The Hall–Kier alpha value is -2.65. The molecule has 8 nitrogen and oxygen atoms in total. The van der Waals surface area contributed by atoms with Gasteiger partial charge >= 0.3 is 5.97 Å². The van der Waals surface area contributed by atoms with Crippen LogP contribution in [0.25, 0.3) is 0 Å². The van der Waals surface area contributed by atoms with Gasteiger partial charge in [0.1, 0.15) is 12.3 Å². The van der Waals surface area contributed by atoms with Crippen LogP contribution in [0.4, 0.5) is 0 Å². The number of ether oxygens (including phenoxy) is 2. The van der Waals surface area contributed by atoms with Crippen molar-refractivity contribution in [1.82, 2.24) is 9.29 Å². The lowest BCUT2D eigenvalue weighted by Gasteiger charge is -2.09. The molecule has 0 saturated heterocycles. The fourth-order valence-electron chi connectivity index (χ4n) is 2.96. The summed E-state index contributed by atoms with van der Waals surface area (Å²) in [6, 6.07) is 7.57. The molecule has 0 aliphatic rings. The lowest BCUT2D eigenvalue weighted by molar-refractivity contribution is -0.141. The van der Waals surface area contributed by atoms with Crippen molar-refractivity contribution in [1.29, 1.82) is 0 Å². The molecule has 2 rings (SSSR count). The Bertz CT molecular complexity index is 977. The maximum absolute atomic E-state index is 12.3. The van der Waals surface area contributed by atoms with Crippen molar-refractivity contribution >= 4 is 21.8 Å². The van der Waals surface area contributed by atoms with Crippen LogP contribution < -0.4 is 9.46 Å². The molecule has 0 aliphatic heterocycles. The number of Topliss-reactive ketones (excluding diaryl/α,β-unsaturated/α-hetero) is 1. The van der Waals surface area contributed by atoms with E-state index in [0.717, 1.165) is 17.9 Å². The molecule has 0 radical (unpaired) electrons. The second-order valence-corrected chi connectivity index (χ2v) is 8.11. The van der Waals surface area contributed by atoms with Crippen molar-refractivity contribution < 1.29 is 27.5 Å². The van der Waals surface area contributed by atoms with Crippen molar-refractivity contribution in [2.75, 3.05) is 19.8 Å². The fraction of sp³-hybridized carbons (Fsp3) is 0.400. The third-order valence-corrected chi connectivity index (χ3v) is 5.82. The van der Waals surface area contributed by atoms with Crippen LogP contribution in [0.5, 0.6) is 5.75 Å². The predicted octanol–water partition coefficient (Wildman–Crippen LogP) is 2.23. The second-order valence-electron chi connectivity index (χ2n) is 6.34. The number of hydrogen-bond acceptors (Lipinski definition) is 6. The first kappa shape index (κ1) is 22.6. The first-order chi connectivity index (χ1) is 13.7. The summed E-state index contributed by atoms with van der Waals surface area (Å²) in [6.07, 6.45) is 0. The minimum atomic E-state index is -3.88. The third-order valence-electron chi connectivity index (χ3n) is 4.41. The number of benzene rings is 1. The van der Waals surface area contributed by atoms with Crippen LogP contribution in [0.2, 0.25) is 0 Å². The Morgan fingerprint density at radius 2 is 1.76 bits per heavy atom. The lowest BCUT2D eigenvalue weighted by Crippen LogP contribution is -2.31. The molecule has 29 heavy (non-hydrogen) atoms. The summed E-state index contributed by atoms with van der Waals surface area (Å²) in [5.74, 6) is -0.621. The Morgan fingerprint density at radius 3 is 2.31 bits per heavy atom. The first-order valence-electron chi connectivity index (χ1n) is 9.27. The molecule has 0 fully saturated rings. The smallest absolute Gasteiger partial charge is 0.321 e. The molecule has 0 atom stereocenters. The number of nitrogens with one attached hydrogen (secondary N) is 1. The molecule has 1 aromatic heterocycles. The topological polar surface area (TPSA) is 104 Å². The Labute approximate surface area is 170 Å². The van der Waals surface area contributed by atoms with Gasteiger partial charge in [-0.15, -0.1) is 0 Å². The molecular formula is C20H26N2O6S. The molecule has 0 saturated carbocycles. The van der Waals surface area contributed by atoms with Crippen LogP contribution in [-0.4, -0.2) is 44.5 Å². The molecule has 158 valence electrons. The minimum absolute atomic E-state index is 0.00293. The highest BCUT2D eigenvalue weighted by atomic mass is 32.2. The number of aryl methyl sites for hydroxylation is 1. The number of aromatic nitrogens is 1. The van der Waals surface area contributed by atoms with Gasteiger partial charge in [-0.2, -0.15) is 4.72 Å². The highest BCUT2D eigenvalue weighted by Gasteiger charge is 2.19. The summed E-state index contributed by atoms with van der Waals surface area (Å²) in [5.41, 5.74) is 2.25. The Kier molecular flexibility index (Phi) is 7.58. The van der Waals surface area contributed by atoms with Crippen LogP contribution in [-0.2, 0) is 26.1 Å². The van der Waals surface area contributed by atoms with E-state index < -0.39 is 29.1 Å². The average Bonchev–Trinajstić information content (AvgIpc) is 2.98. The Morgan fingerprint density at radius 1 is 1.10 bits per heavy atom. The van der Waals surface area contributed by atoms with Gasteiger partial charge in [-0.05, 0) is 58.0 Å². The molecule has 1 N–H and O–H groups in total. The summed E-state index contributed by atoms with van der Waals surface area (Å²) in [5, 5.41) is 0. The summed E-state index contributed by atoms with van der Waals surface area (Å²) in [6.45, 7) is 7.71. The number of carbonyl (C=O) groups is 2. The molecule has 0 bridgehead atoms. The third kappa shape index (κ3) is 5.68. The van der Waals surface area contributed by atoms with Crippen LogP contribution in [0.1, 0.15) is 35.6 Å². The number of nitrogens with zero attached hydrogens (tertiary/aromatic N) is 1. The number of sulfonamides is 1. The van der Waals surface area contributed by atoms with Gasteiger partial charge in [0, 0.05) is 23.5 Å². The van der Waals surface area contributed by atoms with Gasteiger partial charge in [0.15, 0.2) is 6.61 Å². The zero-order chi connectivity index (χ0) is 21.6. The predicted molar refractivity (Wildman–Crippen MR) is 108 cm³/mol. The largest absolute Gasteiger partial charge is 0.494 e. The fourth-order valence-corrected chi connectivity index (χ4v) is 3.93. The van der Waals surface area contributed by atoms with Gasteiger partial charge in [-0.3, -0.25) is 9.59 Å². The van der Waals surface area contributed by atoms with Crippen molar-refractivity contribution in [3.63, 3.8) is 0 Å². The molecule has 0 spiro atoms. The summed E-state index contributed by atoms with van der Waals surface area (Å²) in [7, 11) is -3.88.